The second-order valence-electron chi connectivity index (χ2n) is 12.0. The molecule has 0 fully saturated rings. The van der Waals surface area contributed by atoms with Gasteiger partial charge in [0, 0.05) is 60.7 Å². The van der Waals surface area contributed by atoms with Crippen LogP contribution in [0.3, 0.4) is 0 Å². The number of fused-ring (bicyclic) bond motifs is 2. The van der Waals surface area contributed by atoms with Crippen LogP contribution >= 0.6 is 0 Å². The highest BCUT2D eigenvalue weighted by molar-refractivity contribution is 5.79. The van der Waals surface area contributed by atoms with E-state index in [-0.39, 0.29) is 19.6 Å². The van der Waals surface area contributed by atoms with Crippen LogP contribution in [0.5, 0.6) is 0 Å². The summed E-state index contributed by atoms with van der Waals surface area (Å²) in [5.41, 5.74) is -0.494. The predicted molar refractivity (Wildman–Crippen MR) is 169 cm³/mol. The largest absolute Gasteiger partial charge is 0.291 e. The Hall–Kier alpha value is -5.08. The summed E-state index contributed by atoms with van der Waals surface area (Å²) in [6.45, 7) is -0.875. The van der Waals surface area contributed by atoms with Crippen molar-refractivity contribution >= 4 is 21.8 Å². The van der Waals surface area contributed by atoms with Crippen molar-refractivity contribution in [3.63, 3.8) is 0 Å². The zero-order valence-corrected chi connectivity index (χ0v) is 26.6. The maximum absolute atomic E-state index is 15.0. The number of halogens is 10. The molecule has 4 aromatic carbocycles. The number of nitrogens with zero attached hydrogens (tertiary/aromatic N) is 4. The second kappa shape index (κ2) is 14.6. The fourth-order valence-corrected chi connectivity index (χ4v) is 5.88. The summed E-state index contributed by atoms with van der Waals surface area (Å²) in [4.78, 5) is 11.7. The first-order chi connectivity index (χ1) is 24.3. The molecule has 0 saturated heterocycles. The van der Waals surface area contributed by atoms with Gasteiger partial charge in [-0.2, -0.15) is 0 Å². The van der Waals surface area contributed by atoms with Crippen LogP contribution < -0.4 is 0 Å². The zero-order chi connectivity index (χ0) is 36.6. The summed E-state index contributed by atoms with van der Waals surface area (Å²) in [6.07, 6.45) is 0. The monoisotopic (exact) mass is 716 g/mol. The fraction of sp³-hybridized carbons (Fsp3) is 0.189. The van der Waals surface area contributed by atoms with E-state index in [4.69, 9.17) is 0 Å². The molecular weight excluding hydrogens is 690 g/mol. The molecule has 2 heterocycles. The highest BCUT2D eigenvalue weighted by atomic mass is 19.2. The topological polar surface area (TPSA) is 32.3 Å². The molecule has 0 amide bonds. The van der Waals surface area contributed by atoms with Gasteiger partial charge in [0.05, 0.1) is 22.4 Å². The molecular formula is C37H26F10N4. The molecule has 1 atom stereocenters. The minimum absolute atomic E-state index is 0.209. The van der Waals surface area contributed by atoms with Crippen molar-refractivity contribution in [1.29, 1.82) is 0 Å². The van der Waals surface area contributed by atoms with Crippen molar-refractivity contribution in [3.05, 3.63) is 153 Å². The van der Waals surface area contributed by atoms with Crippen LogP contribution in [0.2, 0.25) is 0 Å². The maximum Gasteiger partial charge on any atom is 0.200 e. The number of benzene rings is 4. The third kappa shape index (κ3) is 7.24. The molecule has 0 bridgehead atoms. The molecule has 0 spiro atoms. The summed E-state index contributed by atoms with van der Waals surface area (Å²) in [5.74, 6) is -21.4. The number of hydrogen-bond acceptors (Lipinski definition) is 4. The molecule has 4 nitrogen and oxygen atoms in total. The third-order valence-electron chi connectivity index (χ3n) is 8.55. The van der Waals surface area contributed by atoms with E-state index in [9.17, 15) is 43.9 Å². The molecule has 2 aromatic heterocycles. The molecule has 0 unspecified atom stereocenters. The van der Waals surface area contributed by atoms with Crippen LogP contribution in [0.15, 0.2) is 72.8 Å². The average molecular weight is 717 g/mol. The van der Waals surface area contributed by atoms with Crippen molar-refractivity contribution in [2.45, 2.75) is 39.1 Å². The fourth-order valence-electron chi connectivity index (χ4n) is 5.88. The van der Waals surface area contributed by atoms with E-state index >= 15 is 0 Å². The number of aromatic nitrogens is 2. The van der Waals surface area contributed by atoms with Gasteiger partial charge in [-0.15, -0.1) is 0 Å². The first-order valence-corrected chi connectivity index (χ1v) is 15.5. The average Bonchev–Trinajstić information content (AvgIpc) is 3.14. The molecule has 14 heteroatoms. The quantitative estimate of drug-likeness (QED) is 0.0761. The van der Waals surface area contributed by atoms with Crippen molar-refractivity contribution in [2.24, 2.45) is 0 Å². The van der Waals surface area contributed by atoms with E-state index in [0.717, 1.165) is 10.8 Å². The number of rotatable bonds is 11. The molecule has 0 radical (unpaired) electrons. The van der Waals surface area contributed by atoms with Crippen LogP contribution in [0.1, 0.15) is 29.4 Å². The Kier molecular flexibility index (Phi) is 10.3. The van der Waals surface area contributed by atoms with Gasteiger partial charge >= 0.3 is 0 Å². The molecule has 0 saturated carbocycles. The van der Waals surface area contributed by atoms with E-state index in [1.54, 1.807) is 72.8 Å². The lowest BCUT2D eigenvalue weighted by Crippen LogP contribution is -2.42. The smallest absolute Gasteiger partial charge is 0.200 e. The van der Waals surface area contributed by atoms with E-state index < -0.39 is 88.4 Å². The van der Waals surface area contributed by atoms with Crippen LogP contribution in [-0.4, -0.2) is 32.4 Å². The van der Waals surface area contributed by atoms with E-state index in [0.29, 0.717) is 22.4 Å². The molecule has 0 aliphatic heterocycles. The Bertz CT molecular complexity index is 2210. The van der Waals surface area contributed by atoms with Gasteiger partial charge < -0.3 is 0 Å². The first-order valence-electron chi connectivity index (χ1n) is 15.5. The Morgan fingerprint density at radius 2 is 0.843 bits per heavy atom. The van der Waals surface area contributed by atoms with Crippen molar-refractivity contribution < 1.29 is 43.9 Å². The molecule has 6 rings (SSSR count). The maximum atomic E-state index is 15.0. The lowest BCUT2D eigenvalue weighted by Gasteiger charge is -2.34. The molecule has 0 aliphatic carbocycles. The lowest BCUT2D eigenvalue weighted by molar-refractivity contribution is 0.120. The summed E-state index contributed by atoms with van der Waals surface area (Å²) < 4.78 is 145. The first kappa shape index (κ1) is 35.7. The van der Waals surface area contributed by atoms with Gasteiger partial charge in [0.25, 0.3) is 0 Å². The summed E-state index contributed by atoms with van der Waals surface area (Å²) >= 11 is 0. The van der Waals surface area contributed by atoms with Crippen molar-refractivity contribution in [2.75, 3.05) is 6.54 Å². The number of pyridine rings is 2. The molecule has 51 heavy (non-hydrogen) atoms. The highest BCUT2D eigenvalue weighted by Crippen LogP contribution is 2.28. The van der Waals surface area contributed by atoms with Gasteiger partial charge in [-0.05, 0) is 31.2 Å². The van der Waals surface area contributed by atoms with Gasteiger partial charge in [-0.1, -0.05) is 48.5 Å². The summed E-state index contributed by atoms with van der Waals surface area (Å²) in [7, 11) is 0. The zero-order valence-electron chi connectivity index (χ0n) is 26.6. The minimum atomic E-state index is -2.33. The van der Waals surface area contributed by atoms with Gasteiger partial charge in [0.1, 0.15) is 0 Å². The van der Waals surface area contributed by atoms with E-state index in [1.807, 2.05) is 0 Å². The van der Waals surface area contributed by atoms with Gasteiger partial charge in [0.15, 0.2) is 46.5 Å². The van der Waals surface area contributed by atoms with E-state index in [2.05, 4.69) is 9.97 Å². The molecule has 264 valence electrons. The molecule has 6 aromatic rings. The van der Waals surface area contributed by atoms with Crippen LogP contribution in [0.4, 0.5) is 43.9 Å². The van der Waals surface area contributed by atoms with E-state index in [1.165, 1.54) is 16.7 Å². The number of hydrogen-bond donors (Lipinski definition) is 0. The third-order valence-corrected chi connectivity index (χ3v) is 8.55. The van der Waals surface area contributed by atoms with Crippen LogP contribution in [0.25, 0.3) is 21.8 Å². The van der Waals surface area contributed by atoms with Crippen LogP contribution in [0, 0.1) is 58.2 Å². The Morgan fingerprint density at radius 1 is 0.451 bits per heavy atom. The summed E-state index contributed by atoms with van der Waals surface area (Å²) in [5, 5.41) is 1.52. The number of para-hydroxylation sites is 2. The second-order valence-corrected chi connectivity index (χ2v) is 12.0. The standard InChI is InChI=1S/C37H26F10N4/c1-19(51(16-23-13-11-21-7-3-5-9-27(21)49-23)18-25-30(40)34(44)37(47)35(45)31(25)41)14-50(15-22-12-10-20-6-2-4-8-26(20)48-22)17-24-28(38)32(42)36(46)33(43)29(24)39/h2-13,19H,14-18H2,1H3/t19-/m0/s1. The van der Waals surface area contributed by atoms with Gasteiger partial charge in [-0.3, -0.25) is 19.8 Å². The Labute approximate surface area is 284 Å². The Balaban J connectivity index is 1.40. The predicted octanol–water partition coefficient (Wildman–Crippen LogP) is 9.27. The minimum Gasteiger partial charge on any atom is -0.291 e. The summed E-state index contributed by atoms with van der Waals surface area (Å²) in [6, 6.07) is 19.7. The SMILES string of the molecule is C[C@@H](CN(Cc1ccc2ccccc2n1)Cc1c(F)c(F)c(F)c(F)c1F)N(Cc1ccc2ccccc2n1)Cc1c(F)c(F)c(F)c(F)c1F. The van der Waals surface area contributed by atoms with Crippen LogP contribution in [-0.2, 0) is 26.2 Å². The van der Waals surface area contributed by atoms with Crippen molar-refractivity contribution in [1.82, 2.24) is 19.8 Å². The van der Waals surface area contributed by atoms with Crippen molar-refractivity contribution in [3.8, 4) is 0 Å². The molecule has 0 N–H and O–H groups in total. The Morgan fingerprint density at radius 3 is 1.31 bits per heavy atom. The van der Waals surface area contributed by atoms with Gasteiger partial charge in [-0.25, -0.2) is 43.9 Å². The highest BCUT2D eigenvalue weighted by Gasteiger charge is 2.31. The normalized spacial score (nSPS) is 12.5. The molecule has 0 aliphatic rings. The lowest BCUT2D eigenvalue weighted by atomic mass is 10.1. The van der Waals surface area contributed by atoms with Gasteiger partial charge in [0.2, 0.25) is 11.6 Å².